The highest BCUT2D eigenvalue weighted by molar-refractivity contribution is 7.05. The summed E-state index contributed by atoms with van der Waals surface area (Å²) < 4.78 is 9.61. The van der Waals surface area contributed by atoms with Crippen molar-refractivity contribution in [1.29, 1.82) is 0 Å². The van der Waals surface area contributed by atoms with Gasteiger partial charge < -0.3 is 10.5 Å². The Kier molecular flexibility index (Phi) is 5.43. The van der Waals surface area contributed by atoms with Crippen LogP contribution in [0.3, 0.4) is 0 Å². The Morgan fingerprint density at radius 1 is 1.30 bits per heavy atom. The van der Waals surface area contributed by atoms with Gasteiger partial charge in [-0.3, -0.25) is 4.98 Å². The largest absolute Gasteiger partial charge is 0.492 e. The zero-order valence-corrected chi connectivity index (χ0v) is 12.7. The molecule has 2 heterocycles. The van der Waals surface area contributed by atoms with Crippen LogP contribution in [0.15, 0.2) is 18.5 Å². The Balaban J connectivity index is 2.19. The monoisotopic (exact) mass is 292 g/mol. The van der Waals surface area contributed by atoms with E-state index in [-0.39, 0.29) is 6.04 Å². The van der Waals surface area contributed by atoms with Crippen molar-refractivity contribution in [2.45, 2.75) is 39.2 Å². The summed E-state index contributed by atoms with van der Waals surface area (Å²) in [5.74, 6) is 0.759. The average molecular weight is 292 g/mol. The first kappa shape index (κ1) is 14.9. The summed E-state index contributed by atoms with van der Waals surface area (Å²) in [5, 5.41) is 4.16. The van der Waals surface area contributed by atoms with Crippen molar-refractivity contribution < 1.29 is 4.74 Å². The SMILES string of the molecule is CCCOc1cncc(C(N)c2snnc2CCC)c1. The molecule has 2 rings (SSSR count). The molecule has 2 aromatic rings. The Bertz CT molecular complexity index is 543. The van der Waals surface area contributed by atoms with Gasteiger partial charge in [0, 0.05) is 6.20 Å². The summed E-state index contributed by atoms with van der Waals surface area (Å²) in [6.07, 6.45) is 6.39. The van der Waals surface area contributed by atoms with Gasteiger partial charge in [0.15, 0.2) is 0 Å². The van der Waals surface area contributed by atoms with E-state index in [2.05, 4.69) is 28.4 Å². The zero-order valence-electron chi connectivity index (χ0n) is 11.9. The second-order valence-electron chi connectivity index (χ2n) is 4.61. The number of aryl methyl sites for hydroxylation is 1. The standard InChI is InChI=1S/C14H20N4OS/c1-3-5-12-14(20-18-17-12)13(15)10-7-11(9-16-8-10)19-6-4-2/h7-9,13H,3-6,15H2,1-2H3. The van der Waals surface area contributed by atoms with Crippen molar-refractivity contribution in [1.82, 2.24) is 14.6 Å². The topological polar surface area (TPSA) is 73.9 Å². The third kappa shape index (κ3) is 3.52. The summed E-state index contributed by atoms with van der Waals surface area (Å²) in [6.45, 7) is 4.88. The molecule has 0 fully saturated rings. The summed E-state index contributed by atoms with van der Waals surface area (Å²) in [4.78, 5) is 5.22. The number of nitrogens with two attached hydrogens (primary N) is 1. The predicted molar refractivity (Wildman–Crippen MR) is 80.0 cm³/mol. The fraction of sp³-hybridized carbons (Fsp3) is 0.500. The number of hydrogen-bond donors (Lipinski definition) is 1. The summed E-state index contributed by atoms with van der Waals surface area (Å²) >= 11 is 1.36. The van der Waals surface area contributed by atoms with Gasteiger partial charge >= 0.3 is 0 Å². The molecule has 6 heteroatoms. The molecule has 0 saturated heterocycles. The third-order valence-corrected chi connectivity index (χ3v) is 3.77. The molecule has 0 bridgehead atoms. The normalized spacial score (nSPS) is 12.3. The number of ether oxygens (including phenoxy) is 1. The first-order valence-corrected chi connectivity index (χ1v) is 7.68. The molecule has 2 aromatic heterocycles. The molecule has 0 saturated carbocycles. The highest BCUT2D eigenvalue weighted by atomic mass is 32.1. The minimum atomic E-state index is -0.241. The van der Waals surface area contributed by atoms with E-state index in [1.807, 2.05) is 6.07 Å². The molecule has 108 valence electrons. The van der Waals surface area contributed by atoms with Gasteiger partial charge in [-0.05, 0) is 36.0 Å². The lowest BCUT2D eigenvalue weighted by molar-refractivity contribution is 0.315. The molecule has 1 unspecified atom stereocenters. The van der Waals surface area contributed by atoms with E-state index < -0.39 is 0 Å². The molecular weight excluding hydrogens is 272 g/mol. The Hall–Kier alpha value is -1.53. The second kappa shape index (κ2) is 7.31. The van der Waals surface area contributed by atoms with Gasteiger partial charge in [0.2, 0.25) is 0 Å². The third-order valence-electron chi connectivity index (χ3n) is 2.92. The van der Waals surface area contributed by atoms with Crippen molar-refractivity contribution in [3.8, 4) is 5.75 Å². The zero-order chi connectivity index (χ0) is 14.4. The average Bonchev–Trinajstić information content (AvgIpc) is 2.93. The van der Waals surface area contributed by atoms with Gasteiger partial charge in [-0.25, -0.2) is 0 Å². The van der Waals surface area contributed by atoms with Crippen molar-refractivity contribution >= 4 is 11.5 Å². The first-order chi connectivity index (χ1) is 9.76. The predicted octanol–water partition coefficient (Wildman–Crippen LogP) is 2.72. The van der Waals surface area contributed by atoms with Crippen LogP contribution >= 0.6 is 11.5 Å². The molecule has 1 atom stereocenters. The second-order valence-corrected chi connectivity index (χ2v) is 5.40. The maximum Gasteiger partial charge on any atom is 0.137 e. The minimum absolute atomic E-state index is 0.241. The number of rotatable bonds is 7. The lowest BCUT2D eigenvalue weighted by atomic mass is 10.1. The van der Waals surface area contributed by atoms with Crippen LogP contribution in [-0.2, 0) is 6.42 Å². The van der Waals surface area contributed by atoms with Crippen LogP contribution in [0.1, 0.15) is 48.9 Å². The van der Waals surface area contributed by atoms with Crippen LogP contribution in [0.2, 0.25) is 0 Å². The molecule has 0 aliphatic carbocycles. The van der Waals surface area contributed by atoms with Crippen molar-refractivity contribution in [2.75, 3.05) is 6.61 Å². The van der Waals surface area contributed by atoms with Gasteiger partial charge in [0.05, 0.1) is 29.4 Å². The number of pyridine rings is 1. The van der Waals surface area contributed by atoms with E-state index in [1.54, 1.807) is 12.4 Å². The van der Waals surface area contributed by atoms with Crippen molar-refractivity contribution in [3.63, 3.8) is 0 Å². The Morgan fingerprint density at radius 2 is 2.15 bits per heavy atom. The fourth-order valence-electron chi connectivity index (χ4n) is 1.92. The molecule has 5 nitrogen and oxygen atoms in total. The van der Waals surface area contributed by atoms with Gasteiger partial charge in [-0.1, -0.05) is 24.8 Å². The molecule has 20 heavy (non-hydrogen) atoms. The van der Waals surface area contributed by atoms with Gasteiger partial charge in [0.1, 0.15) is 5.75 Å². The van der Waals surface area contributed by atoms with E-state index in [0.29, 0.717) is 6.61 Å². The van der Waals surface area contributed by atoms with Crippen LogP contribution in [0.25, 0.3) is 0 Å². The van der Waals surface area contributed by atoms with Crippen molar-refractivity contribution in [3.05, 3.63) is 34.6 Å². The number of hydrogen-bond acceptors (Lipinski definition) is 6. The lowest BCUT2D eigenvalue weighted by Crippen LogP contribution is -2.13. The van der Waals surface area contributed by atoms with E-state index in [1.165, 1.54) is 11.5 Å². The summed E-state index contributed by atoms with van der Waals surface area (Å²) in [6, 6.07) is 1.71. The fourth-order valence-corrected chi connectivity index (χ4v) is 2.64. The number of nitrogens with zero attached hydrogens (tertiary/aromatic N) is 3. The smallest absolute Gasteiger partial charge is 0.137 e. The quantitative estimate of drug-likeness (QED) is 0.849. The molecule has 0 amide bonds. The maximum atomic E-state index is 6.32. The van der Waals surface area contributed by atoms with E-state index in [0.717, 1.165) is 41.1 Å². The van der Waals surface area contributed by atoms with E-state index in [4.69, 9.17) is 10.5 Å². The Morgan fingerprint density at radius 3 is 2.90 bits per heavy atom. The molecule has 2 N–H and O–H groups in total. The molecule has 0 aliphatic rings. The van der Waals surface area contributed by atoms with Crippen molar-refractivity contribution in [2.24, 2.45) is 5.73 Å². The first-order valence-electron chi connectivity index (χ1n) is 6.90. The highest BCUT2D eigenvalue weighted by Crippen LogP contribution is 2.27. The highest BCUT2D eigenvalue weighted by Gasteiger charge is 2.17. The van der Waals surface area contributed by atoms with Crippen LogP contribution in [0.5, 0.6) is 5.75 Å². The minimum Gasteiger partial charge on any atom is -0.492 e. The molecule has 0 radical (unpaired) electrons. The number of aromatic nitrogens is 3. The van der Waals surface area contributed by atoms with Crippen LogP contribution in [-0.4, -0.2) is 21.2 Å². The van der Waals surface area contributed by atoms with Gasteiger partial charge in [0.25, 0.3) is 0 Å². The molecule has 0 spiro atoms. The summed E-state index contributed by atoms with van der Waals surface area (Å²) in [7, 11) is 0. The van der Waals surface area contributed by atoms with Crippen LogP contribution in [0.4, 0.5) is 0 Å². The molecular formula is C14H20N4OS. The van der Waals surface area contributed by atoms with Crippen LogP contribution in [0, 0.1) is 0 Å². The Labute approximate surface area is 123 Å². The summed E-state index contributed by atoms with van der Waals surface area (Å²) in [5.41, 5.74) is 8.25. The maximum absolute atomic E-state index is 6.32. The van der Waals surface area contributed by atoms with Gasteiger partial charge in [-0.2, -0.15) is 0 Å². The van der Waals surface area contributed by atoms with E-state index in [9.17, 15) is 0 Å². The van der Waals surface area contributed by atoms with E-state index >= 15 is 0 Å². The van der Waals surface area contributed by atoms with Crippen LogP contribution < -0.4 is 10.5 Å². The lowest BCUT2D eigenvalue weighted by Gasteiger charge is -2.12. The molecule has 0 aliphatic heterocycles. The van der Waals surface area contributed by atoms with Gasteiger partial charge in [-0.15, -0.1) is 5.10 Å². The molecule has 0 aromatic carbocycles.